The van der Waals surface area contributed by atoms with Crippen LogP contribution in [0.25, 0.3) is 10.9 Å². The highest BCUT2D eigenvalue weighted by Gasteiger charge is 2.08. The van der Waals surface area contributed by atoms with Gasteiger partial charge in [0, 0.05) is 16.6 Å². The van der Waals surface area contributed by atoms with Crippen molar-refractivity contribution < 1.29 is 9.90 Å². The fourth-order valence-corrected chi connectivity index (χ4v) is 1.63. The van der Waals surface area contributed by atoms with Gasteiger partial charge in [-0.3, -0.25) is 4.79 Å². The van der Waals surface area contributed by atoms with Crippen LogP contribution < -0.4 is 0 Å². The Labute approximate surface area is 87.4 Å². The van der Waals surface area contributed by atoms with Crippen LogP contribution in [0.3, 0.4) is 0 Å². The average Bonchev–Trinajstić information content (AvgIpc) is 2.18. The van der Waals surface area contributed by atoms with Gasteiger partial charge >= 0.3 is 0 Å². The summed E-state index contributed by atoms with van der Waals surface area (Å²) in [5.41, 5.74) is 1.80. The zero-order valence-electron chi connectivity index (χ0n) is 8.61. The molecule has 0 fully saturated rings. The van der Waals surface area contributed by atoms with E-state index in [-0.39, 0.29) is 11.5 Å². The Morgan fingerprint density at radius 3 is 2.80 bits per heavy atom. The van der Waals surface area contributed by atoms with E-state index in [4.69, 9.17) is 0 Å². The lowest BCUT2D eigenvalue weighted by Gasteiger charge is -2.05. The molecule has 0 atom stereocenters. The minimum atomic E-state index is -0.00903. The van der Waals surface area contributed by atoms with E-state index in [0.29, 0.717) is 16.8 Å². The summed E-state index contributed by atoms with van der Waals surface area (Å²) >= 11 is 0. The monoisotopic (exact) mass is 201 g/mol. The van der Waals surface area contributed by atoms with Crippen LogP contribution in [-0.4, -0.2) is 15.9 Å². The molecule has 1 heterocycles. The average molecular weight is 201 g/mol. The molecule has 1 aromatic heterocycles. The van der Waals surface area contributed by atoms with Gasteiger partial charge in [-0.1, -0.05) is 12.1 Å². The first-order valence-electron chi connectivity index (χ1n) is 4.70. The van der Waals surface area contributed by atoms with Gasteiger partial charge in [0.2, 0.25) is 0 Å². The van der Waals surface area contributed by atoms with E-state index < -0.39 is 0 Å². The summed E-state index contributed by atoms with van der Waals surface area (Å²) in [6.07, 6.45) is 0. The number of rotatable bonds is 1. The van der Waals surface area contributed by atoms with Crippen LogP contribution in [0.1, 0.15) is 23.0 Å². The number of aromatic nitrogens is 1. The van der Waals surface area contributed by atoms with Crippen molar-refractivity contribution in [1.29, 1.82) is 0 Å². The van der Waals surface area contributed by atoms with E-state index in [1.807, 2.05) is 6.07 Å². The van der Waals surface area contributed by atoms with Crippen molar-refractivity contribution in [2.24, 2.45) is 0 Å². The lowest BCUT2D eigenvalue weighted by Crippen LogP contribution is -1.98. The molecule has 1 aromatic carbocycles. The van der Waals surface area contributed by atoms with Crippen LogP contribution in [0.5, 0.6) is 5.75 Å². The fraction of sp³-hybridized carbons (Fsp3) is 0.167. The number of carbonyl (C=O) groups is 1. The van der Waals surface area contributed by atoms with Crippen LogP contribution in [0, 0.1) is 6.92 Å². The number of hydrogen-bond acceptors (Lipinski definition) is 3. The van der Waals surface area contributed by atoms with Gasteiger partial charge in [-0.15, -0.1) is 0 Å². The van der Waals surface area contributed by atoms with Crippen molar-refractivity contribution in [2.45, 2.75) is 13.8 Å². The Morgan fingerprint density at radius 2 is 2.13 bits per heavy atom. The lowest BCUT2D eigenvalue weighted by molar-refractivity contribution is 0.101. The Morgan fingerprint density at radius 1 is 1.40 bits per heavy atom. The molecule has 0 aliphatic rings. The number of aryl methyl sites for hydroxylation is 1. The molecule has 0 aliphatic heterocycles. The topological polar surface area (TPSA) is 50.2 Å². The van der Waals surface area contributed by atoms with Gasteiger partial charge in [-0.2, -0.15) is 0 Å². The fourth-order valence-electron chi connectivity index (χ4n) is 1.63. The molecular formula is C12H11NO2. The molecule has 0 saturated carbocycles. The maximum Gasteiger partial charge on any atom is 0.161 e. The zero-order valence-corrected chi connectivity index (χ0v) is 8.61. The van der Waals surface area contributed by atoms with E-state index in [0.717, 1.165) is 5.39 Å². The predicted molar refractivity (Wildman–Crippen MR) is 58.1 cm³/mol. The second-order valence-electron chi connectivity index (χ2n) is 3.53. The summed E-state index contributed by atoms with van der Waals surface area (Å²) in [7, 11) is 0. The molecule has 3 nitrogen and oxygen atoms in total. The third-order valence-electron chi connectivity index (χ3n) is 2.39. The first-order valence-corrected chi connectivity index (χ1v) is 4.70. The summed E-state index contributed by atoms with van der Waals surface area (Å²) in [4.78, 5) is 15.5. The second-order valence-corrected chi connectivity index (χ2v) is 3.53. The molecule has 2 rings (SSSR count). The van der Waals surface area contributed by atoms with Crippen molar-refractivity contribution in [1.82, 2.24) is 4.98 Å². The van der Waals surface area contributed by atoms with Crippen LogP contribution in [0.4, 0.5) is 0 Å². The van der Waals surface area contributed by atoms with E-state index in [1.54, 1.807) is 25.1 Å². The van der Waals surface area contributed by atoms with E-state index in [2.05, 4.69) is 4.98 Å². The zero-order chi connectivity index (χ0) is 11.0. The standard InChI is InChI=1S/C12H11NO2/c1-7-10(8(2)14)6-9-4-3-5-11(15)12(9)13-7/h3-6,15H,1-2H3. The molecule has 0 spiro atoms. The minimum Gasteiger partial charge on any atom is -0.506 e. The number of benzene rings is 1. The smallest absolute Gasteiger partial charge is 0.161 e. The normalized spacial score (nSPS) is 10.5. The third kappa shape index (κ3) is 1.56. The number of aromatic hydroxyl groups is 1. The first-order chi connectivity index (χ1) is 7.09. The Hall–Kier alpha value is -1.90. The number of fused-ring (bicyclic) bond motifs is 1. The predicted octanol–water partition coefficient (Wildman–Crippen LogP) is 2.45. The van der Waals surface area contributed by atoms with Crippen LogP contribution in [-0.2, 0) is 0 Å². The second kappa shape index (κ2) is 3.35. The number of pyridine rings is 1. The number of phenols is 1. The third-order valence-corrected chi connectivity index (χ3v) is 2.39. The number of carbonyl (C=O) groups excluding carboxylic acids is 1. The van der Waals surface area contributed by atoms with Gasteiger partial charge in [0.05, 0.1) is 0 Å². The molecule has 0 unspecified atom stereocenters. The molecule has 0 saturated heterocycles. The number of Topliss-reactive ketones (excluding diaryl/α,β-unsaturated/α-hetero) is 1. The molecular weight excluding hydrogens is 190 g/mol. The van der Waals surface area contributed by atoms with Crippen molar-refractivity contribution >= 4 is 16.7 Å². The maximum atomic E-state index is 11.3. The van der Waals surface area contributed by atoms with Crippen molar-refractivity contribution in [3.05, 3.63) is 35.5 Å². The highest BCUT2D eigenvalue weighted by Crippen LogP contribution is 2.24. The molecule has 0 bridgehead atoms. The molecule has 0 radical (unpaired) electrons. The minimum absolute atomic E-state index is 0.00903. The molecule has 2 aromatic rings. The highest BCUT2D eigenvalue weighted by atomic mass is 16.3. The SMILES string of the molecule is CC(=O)c1cc2cccc(O)c2nc1C. The van der Waals surface area contributed by atoms with Crippen molar-refractivity contribution in [3.63, 3.8) is 0 Å². The molecule has 76 valence electrons. The summed E-state index contributed by atoms with van der Waals surface area (Å²) in [5.74, 6) is 0.135. The maximum absolute atomic E-state index is 11.3. The molecule has 1 N–H and O–H groups in total. The molecule has 15 heavy (non-hydrogen) atoms. The summed E-state index contributed by atoms with van der Waals surface area (Å²) < 4.78 is 0. The first kappa shape index (κ1) is 9.65. The van der Waals surface area contributed by atoms with Gasteiger partial charge in [-0.25, -0.2) is 4.98 Å². The quantitative estimate of drug-likeness (QED) is 0.721. The largest absolute Gasteiger partial charge is 0.506 e. The number of hydrogen-bond donors (Lipinski definition) is 1. The molecule has 0 aliphatic carbocycles. The van der Waals surface area contributed by atoms with E-state index >= 15 is 0 Å². The molecule has 3 heteroatoms. The highest BCUT2D eigenvalue weighted by molar-refractivity contribution is 5.99. The summed E-state index contributed by atoms with van der Waals surface area (Å²) in [6, 6.07) is 6.91. The number of para-hydroxylation sites is 1. The van der Waals surface area contributed by atoms with Gasteiger partial charge in [0.25, 0.3) is 0 Å². The van der Waals surface area contributed by atoms with E-state index in [1.165, 1.54) is 6.92 Å². The number of phenolic OH excluding ortho intramolecular Hbond substituents is 1. The summed E-state index contributed by atoms with van der Waals surface area (Å²) in [5, 5.41) is 10.4. The van der Waals surface area contributed by atoms with Gasteiger partial charge in [0.15, 0.2) is 5.78 Å². The lowest BCUT2D eigenvalue weighted by atomic mass is 10.1. The Bertz CT molecular complexity index is 547. The van der Waals surface area contributed by atoms with Crippen molar-refractivity contribution in [3.8, 4) is 5.75 Å². The Balaban J connectivity index is 2.82. The van der Waals surface area contributed by atoms with Crippen LogP contribution >= 0.6 is 0 Å². The molecule has 0 amide bonds. The Kier molecular flexibility index (Phi) is 2.15. The van der Waals surface area contributed by atoms with Crippen LogP contribution in [0.15, 0.2) is 24.3 Å². The van der Waals surface area contributed by atoms with Crippen molar-refractivity contribution in [2.75, 3.05) is 0 Å². The van der Waals surface area contributed by atoms with Gasteiger partial charge in [-0.05, 0) is 26.0 Å². The number of ketones is 1. The van der Waals surface area contributed by atoms with Gasteiger partial charge in [0.1, 0.15) is 11.3 Å². The van der Waals surface area contributed by atoms with Crippen LogP contribution in [0.2, 0.25) is 0 Å². The summed E-state index contributed by atoms with van der Waals surface area (Å²) in [6.45, 7) is 3.28. The van der Waals surface area contributed by atoms with E-state index in [9.17, 15) is 9.90 Å². The number of nitrogens with zero attached hydrogens (tertiary/aromatic N) is 1. The van der Waals surface area contributed by atoms with Gasteiger partial charge < -0.3 is 5.11 Å².